The Kier molecular flexibility index (Phi) is 8.69. The molecule has 9 heteroatoms. The highest BCUT2D eigenvalue weighted by atomic mass is 35.5. The summed E-state index contributed by atoms with van der Waals surface area (Å²) >= 11 is 8.16. The average molecular weight is 516 g/mol. The quantitative estimate of drug-likeness (QED) is 0.332. The maximum atomic E-state index is 6.39. The largest absolute Gasteiger partial charge is 0.296 e. The molecular weight excluding hydrogens is 487 g/mol. The van der Waals surface area contributed by atoms with Crippen LogP contribution in [0.2, 0.25) is 5.02 Å². The predicted molar refractivity (Wildman–Crippen MR) is 140 cm³/mol. The fourth-order valence-corrected chi connectivity index (χ4v) is 5.46. The molecule has 1 aliphatic rings. The van der Waals surface area contributed by atoms with Crippen LogP contribution in [-0.2, 0) is 19.5 Å². The summed E-state index contributed by atoms with van der Waals surface area (Å²) in [4.78, 5) is 6.27. The molecule has 0 amide bonds. The first kappa shape index (κ1) is 24.8. The van der Waals surface area contributed by atoms with Crippen molar-refractivity contribution in [1.29, 1.82) is 0 Å². The molecule has 0 bridgehead atoms. The van der Waals surface area contributed by atoms with Gasteiger partial charge in [0.1, 0.15) is 6.04 Å². The van der Waals surface area contributed by atoms with Crippen LogP contribution in [0.1, 0.15) is 27.9 Å². The number of aryl methyl sites for hydroxylation is 2. The van der Waals surface area contributed by atoms with Gasteiger partial charge in [-0.2, -0.15) is 0 Å². The fourth-order valence-electron chi connectivity index (χ4n) is 4.41. The summed E-state index contributed by atoms with van der Waals surface area (Å²) in [7, 11) is 0. The molecule has 0 N–H and O–H groups in total. The summed E-state index contributed by atoms with van der Waals surface area (Å²) in [5, 5.41) is 15.9. The minimum atomic E-state index is 0. The maximum absolute atomic E-state index is 6.39. The number of tetrazole rings is 1. The van der Waals surface area contributed by atoms with Gasteiger partial charge in [0.2, 0.25) is 0 Å². The Hall–Kier alpha value is -2.29. The van der Waals surface area contributed by atoms with Crippen molar-refractivity contribution in [2.75, 3.05) is 26.2 Å². The molecule has 2 aromatic heterocycles. The second-order valence-electron chi connectivity index (χ2n) is 8.32. The Bertz CT molecular complexity index is 1140. The maximum Gasteiger partial charge on any atom is 0.173 e. The molecule has 4 aromatic rings. The van der Waals surface area contributed by atoms with Crippen LogP contribution >= 0.6 is 35.3 Å². The van der Waals surface area contributed by atoms with Crippen molar-refractivity contribution >= 4 is 35.3 Å². The van der Waals surface area contributed by atoms with Crippen molar-refractivity contribution in [2.45, 2.75) is 25.6 Å². The fraction of sp³-hybridized carbons (Fsp3) is 0.320. The highest BCUT2D eigenvalue weighted by molar-refractivity contribution is 7.10. The Morgan fingerprint density at radius 3 is 2.41 bits per heavy atom. The van der Waals surface area contributed by atoms with Crippen LogP contribution in [0, 0.1) is 0 Å². The van der Waals surface area contributed by atoms with E-state index in [1.165, 1.54) is 16.0 Å². The summed E-state index contributed by atoms with van der Waals surface area (Å²) in [6, 6.07) is 23.0. The van der Waals surface area contributed by atoms with Crippen molar-refractivity contribution in [2.24, 2.45) is 0 Å². The molecule has 5 rings (SSSR count). The monoisotopic (exact) mass is 514 g/mol. The molecule has 1 atom stereocenters. The van der Waals surface area contributed by atoms with E-state index in [0.29, 0.717) is 0 Å². The average Bonchev–Trinajstić information content (AvgIpc) is 3.54. The number of aromatic nitrogens is 4. The molecule has 0 spiro atoms. The summed E-state index contributed by atoms with van der Waals surface area (Å²) in [6.45, 7) is 5.53. The van der Waals surface area contributed by atoms with Crippen LogP contribution in [0.25, 0.3) is 0 Å². The van der Waals surface area contributed by atoms with Crippen molar-refractivity contribution in [3.8, 4) is 0 Å². The smallest absolute Gasteiger partial charge is 0.173 e. The van der Waals surface area contributed by atoms with E-state index in [4.69, 9.17) is 11.6 Å². The molecule has 1 fully saturated rings. The van der Waals surface area contributed by atoms with E-state index in [2.05, 4.69) is 79.2 Å². The molecule has 0 saturated carbocycles. The highest BCUT2D eigenvalue weighted by Gasteiger charge is 2.31. The van der Waals surface area contributed by atoms with Gasteiger partial charge in [-0.3, -0.25) is 9.80 Å². The first-order valence-corrected chi connectivity index (χ1v) is 12.6. The molecular formula is C25H28Cl2N6S. The van der Waals surface area contributed by atoms with Crippen LogP contribution in [0.15, 0.2) is 72.1 Å². The van der Waals surface area contributed by atoms with Crippen LogP contribution < -0.4 is 0 Å². The number of rotatable bonds is 8. The third-order valence-corrected chi connectivity index (χ3v) is 7.49. The van der Waals surface area contributed by atoms with E-state index in [1.54, 1.807) is 11.3 Å². The third-order valence-electron chi connectivity index (χ3n) is 6.20. The second kappa shape index (κ2) is 11.9. The van der Waals surface area contributed by atoms with Gasteiger partial charge in [0.05, 0.1) is 0 Å². The predicted octanol–water partition coefficient (Wildman–Crippen LogP) is 4.96. The van der Waals surface area contributed by atoms with Gasteiger partial charge in [0, 0.05) is 49.2 Å². The lowest BCUT2D eigenvalue weighted by molar-refractivity contribution is 0.101. The number of hydrogen-bond acceptors (Lipinski definition) is 6. The van der Waals surface area contributed by atoms with Gasteiger partial charge in [0.15, 0.2) is 5.82 Å². The zero-order valence-electron chi connectivity index (χ0n) is 18.8. The first-order valence-electron chi connectivity index (χ1n) is 11.3. The van der Waals surface area contributed by atoms with Crippen LogP contribution in [0.5, 0.6) is 0 Å². The Labute approximate surface area is 215 Å². The van der Waals surface area contributed by atoms with E-state index >= 15 is 0 Å². The minimum absolute atomic E-state index is 0. The Morgan fingerprint density at radius 1 is 0.912 bits per heavy atom. The van der Waals surface area contributed by atoms with Crippen LogP contribution in [-0.4, -0.2) is 56.2 Å². The molecule has 3 heterocycles. The number of halogens is 2. The first-order chi connectivity index (χ1) is 16.3. The van der Waals surface area contributed by atoms with Crippen LogP contribution in [0.3, 0.4) is 0 Å². The standard InChI is InChI=1S/C25H27ClN6S.ClH/c26-22-10-5-4-9-21(22)19-30-14-16-31(17-15-30)24(23-11-6-18-33-23)25-27-28-29-32(25)13-12-20-7-2-1-3-8-20;/h1-11,18,24H,12-17,19H2;1H. The number of thiophene rings is 1. The van der Waals surface area contributed by atoms with Gasteiger partial charge >= 0.3 is 0 Å². The minimum Gasteiger partial charge on any atom is -0.296 e. The second-order valence-corrected chi connectivity index (χ2v) is 9.70. The molecule has 34 heavy (non-hydrogen) atoms. The number of nitrogens with zero attached hydrogens (tertiary/aromatic N) is 6. The molecule has 1 aliphatic heterocycles. The van der Waals surface area contributed by atoms with Gasteiger partial charge in [-0.05, 0) is 45.5 Å². The number of hydrogen-bond donors (Lipinski definition) is 0. The zero-order chi connectivity index (χ0) is 22.5. The number of benzene rings is 2. The van der Waals surface area contributed by atoms with Crippen LogP contribution in [0.4, 0.5) is 0 Å². The van der Waals surface area contributed by atoms with Gasteiger partial charge in [-0.1, -0.05) is 66.2 Å². The normalized spacial score (nSPS) is 15.7. The summed E-state index contributed by atoms with van der Waals surface area (Å²) in [5.74, 6) is 0.924. The number of piperazine rings is 1. The van der Waals surface area contributed by atoms with E-state index in [1.807, 2.05) is 22.9 Å². The van der Waals surface area contributed by atoms with Crippen molar-refractivity contribution < 1.29 is 0 Å². The Balaban J connectivity index is 0.00000274. The lowest BCUT2D eigenvalue weighted by atomic mass is 10.1. The SMILES string of the molecule is Cl.Clc1ccccc1CN1CCN(C(c2cccs2)c2nnnn2CCc2ccccc2)CC1. The van der Waals surface area contributed by atoms with E-state index in [0.717, 1.165) is 56.5 Å². The molecule has 178 valence electrons. The molecule has 1 saturated heterocycles. The summed E-state index contributed by atoms with van der Waals surface area (Å²) < 4.78 is 1.98. The molecule has 0 radical (unpaired) electrons. The van der Waals surface area contributed by atoms with E-state index in [-0.39, 0.29) is 18.4 Å². The molecule has 0 aliphatic carbocycles. The van der Waals surface area contributed by atoms with E-state index in [9.17, 15) is 0 Å². The van der Waals surface area contributed by atoms with Gasteiger partial charge in [-0.25, -0.2) is 4.68 Å². The van der Waals surface area contributed by atoms with Crippen molar-refractivity contribution in [1.82, 2.24) is 30.0 Å². The Morgan fingerprint density at radius 2 is 1.68 bits per heavy atom. The van der Waals surface area contributed by atoms with Gasteiger partial charge in [-0.15, -0.1) is 28.8 Å². The van der Waals surface area contributed by atoms with Gasteiger partial charge in [0.25, 0.3) is 0 Å². The zero-order valence-corrected chi connectivity index (χ0v) is 21.2. The highest BCUT2D eigenvalue weighted by Crippen LogP contribution is 2.31. The van der Waals surface area contributed by atoms with Crippen molar-refractivity contribution in [3.63, 3.8) is 0 Å². The molecule has 2 aromatic carbocycles. The lowest BCUT2D eigenvalue weighted by Crippen LogP contribution is -2.47. The topological polar surface area (TPSA) is 50.1 Å². The summed E-state index contributed by atoms with van der Waals surface area (Å²) in [5.41, 5.74) is 2.48. The van der Waals surface area contributed by atoms with E-state index < -0.39 is 0 Å². The van der Waals surface area contributed by atoms with Gasteiger partial charge < -0.3 is 0 Å². The molecule has 6 nitrogen and oxygen atoms in total. The lowest BCUT2D eigenvalue weighted by Gasteiger charge is -2.38. The summed E-state index contributed by atoms with van der Waals surface area (Å²) in [6.07, 6.45) is 0.904. The molecule has 1 unspecified atom stereocenters. The van der Waals surface area contributed by atoms with Crippen molar-refractivity contribution in [3.05, 3.63) is 99.0 Å². The third kappa shape index (κ3) is 5.85.